The summed E-state index contributed by atoms with van der Waals surface area (Å²) in [6, 6.07) is 8.38. The number of benzene rings is 1. The Bertz CT molecular complexity index is 537. The van der Waals surface area contributed by atoms with Gasteiger partial charge < -0.3 is 9.41 Å². The Morgan fingerprint density at radius 1 is 1.17 bits per heavy atom. The van der Waals surface area contributed by atoms with Crippen LogP contribution in [-0.2, 0) is 11.0 Å². The normalized spacial score (nSPS) is 13.2. The number of para-hydroxylation sites is 1. The summed E-state index contributed by atoms with van der Waals surface area (Å²) in [4.78, 5) is 3.30. The van der Waals surface area contributed by atoms with E-state index in [0.717, 1.165) is 0 Å². The van der Waals surface area contributed by atoms with Gasteiger partial charge in [-0.25, -0.2) is 0 Å². The Morgan fingerprint density at radius 3 is 2.50 bits per heavy atom. The highest BCUT2D eigenvalue weighted by Gasteiger charge is 2.37. The molecule has 3 heteroatoms. The molecule has 0 atom stereocenters. The van der Waals surface area contributed by atoms with Gasteiger partial charge in [0, 0.05) is 22.7 Å². The van der Waals surface area contributed by atoms with E-state index in [0.29, 0.717) is 6.61 Å². The van der Waals surface area contributed by atoms with Crippen molar-refractivity contribution in [2.75, 3.05) is 0 Å². The van der Waals surface area contributed by atoms with Gasteiger partial charge in [-0.15, -0.1) is 0 Å². The van der Waals surface area contributed by atoms with Gasteiger partial charge in [-0.05, 0) is 24.2 Å². The number of rotatable bonds is 3. The maximum Gasteiger partial charge on any atom is 0.192 e. The van der Waals surface area contributed by atoms with E-state index in [2.05, 4.69) is 69.3 Å². The molecule has 2 rings (SSSR count). The van der Waals surface area contributed by atoms with Crippen LogP contribution in [0, 0.1) is 0 Å². The maximum absolute atomic E-state index is 6.27. The van der Waals surface area contributed by atoms with Gasteiger partial charge in [0.15, 0.2) is 8.32 Å². The van der Waals surface area contributed by atoms with E-state index in [4.69, 9.17) is 4.43 Å². The first-order valence-electron chi connectivity index (χ1n) is 6.50. The van der Waals surface area contributed by atoms with Crippen LogP contribution in [0.4, 0.5) is 0 Å². The largest absolute Gasteiger partial charge is 0.412 e. The van der Waals surface area contributed by atoms with Crippen molar-refractivity contribution in [2.45, 2.75) is 45.5 Å². The number of hydrogen-bond acceptors (Lipinski definition) is 1. The van der Waals surface area contributed by atoms with Crippen LogP contribution in [0.15, 0.2) is 30.5 Å². The topological polar surface area (TPSA) is 25.0 Å². The minimum absolute atomic E-state index is 0.263. The molecule has 1 aromatic heterocycles. The fourth-order valence-electron chi connectivity index (χ4n) is 1.73. The van der Waals surface area contributed by atoms with Crippen molar-refractivity contribution in [1.82, 2.24) is 4.98 Å². The molecule has 0 unspecified atom stereocenters. The third kappa shape index (κ3) is 2.52. The molecule has 0 fully saturated rings. The molecule has 0 amide bonds. The predicted octanol–water partition coefficient (Wildman–Crippen LogP) is 4.69. The van der Waals surface area contributed by atoms with Gasteiger partial charge in [-0.3, -0.25) is 0 Å². The number of aromatic nitrogens is 1. The van der Waals surface area contributed by atoms with Crippen LogP contribution in [0.5, 0.6) is 0 Å². The van der Waals surface area contributed by atoms with Crippen molar-refractivity contribution in [3.05, 3.63) is 36.0 Å². The van der Waals surface area contributed by atoms with E-state index in [9.17, 15) is 0 Å². The Labute approximate surface area is 110 Å². The van der Waals surface area contributed by atoms with E-state index in [1.807, 2.05) is 0 Å². The van der Waals surface area contributed by atoms with Crippen LogP contribution in [-0.4, -0.2) is 13.3 Å². The van der Waals surface area contributed by atoms with E-state index in [-0.39, 0.29) is 5.04 Å². The number of hydrogen-bond donors (Lipinski definition) is 1. The van der Waals surface area contributed by atoms with E-state index in [1.54, 1.807) is 0 Å². The zero-order valence-electron chi connectivity index (χ0n) is 12.0. The third-order valence-electron chi connectivity index (χ3n) is 4.07. The van der Waals surface area contributed by atoms with Crippen molar-refractivity contribution in [2.24, 2.45) is 0 Å². The second-order valence-electron chi connectivity index (χ2n) is 6.41. The van der Waals surface area contributed by atoms with Gasteiger partial charge in [0.1, 0.15) is 0 Å². The van der Waals surface area contributed by atoms with Crippen LogP contribution < -0.4 is 0 Å². The lowest BCUT2D eigenvalue weighted by molar-refractivity contribution is 0.277. The molecular formula is C15H23NOSi. The molecule has 98 valence electrons. The Kier molecular flexibility index (Phi) is 3.38. The lowest BCUT2D eigenvalue weighted by Crippen LogP contribution is -2.40. The molecule has 1 aromatic carbocycles. The molecule has 0 spiro atoms. The predicted molar refractivity (Wildman–Crippen MR) is 80.3 cm³/mol. The van der Waals surface area contributed by atoms with Crippen LogP contribution in [0.25, 0.3) is 10.9 Å². The standard InChI is InChI=1S/C15H23NOSi/c1-15(2,3)18(4,5)17-11-12-10-16-14-9-7-6-8-13(12)14/h6-10,16H,11H2,1-5H3. The van der Waals surface area contributed by atoms with Gasteiger partial charge in [0.25, 0.3) is 0 Å². The molecule has 1 N–H and O–H groups in total. The summed E-state index contributed by atoms with van der Waals surface area (Å²) in [5.41, 5.74) is 2.45. The van der Waals surface area contributed by atoms with Crippen LogP contribution >= 0.6 is 0 Å². The van der Waals surface area contributed by atoms with E-state index >= 15 is 0 Å². The molecule has 18 heavy (non-hydrogen) atoms. The summed E-state index contributed by atoms with van der Waals surface area (Å²) < 4.78 is 6.27. The number of fused-ring (bicyclic) bond motifs is 1. The van der Waals surface area contributed by atoms with Gasteiger partial charge in [-0.1, -0.05) is 39.0 Å². The maximum atomic E-state index is 6.27. The average molecular weight is 261 g/mol. The number of H-pyrrole nitrogens is 1. The summed E-state index contributed by atoms with van der Waals surface area (Å²) >= 11 is 0. The molecule has 0 aliphatic heterocycles. The Balaban J connectivity index is 2.16. The molecule has 2 aromatic rings. The summed E-state index contributed by atoms with van der Waals surface area (Å²) in [6.45, 7) is 12.1. The monoisotopic (exact) mass is 261 g/mol. The number of aromatic amines is 1. The van der Waals surface area contributed by atoms with Gasteiger partial charge in [0.05, 0.1) is 6.61 Å². The second kappa shape index (κ2) is 4.56. The van der Waals surface area contributed by atoms with Crippen molar-refractivity contribution in [3.8, 4) is 0 Å². The molecular weight excluding hydrogens is 238 g/mol. The highest BCUT2D eigenvalue weighted by molar-refractivity contribution is 6.74. The first-order chi connectivity index (χ1) is 8.31. The zero-order valence-corrected chi connectivity index (χ0v) is 13.0. The SMILES string of the molecule is CC(C)(C)[Si](C)(C)OCc1c[nH]c2ccccc12. The highest BCUT2D eigenvalue weighted by Crippen LogP contribution is 2.37. The summed E-state index contributed by atoms with van der Waals surface area (Å²) in [5, 5.41) is 1.54. The molecule has 0 saturated carbocycles. The minimum Gasteiger partial charge on any atom is -0.412 e. The van der Waals surface area contributed by atoms with Gasteiger partial charge >= 0.3 is 0 Å². The molecule has 0 radical (unpaired) electrons. The Morgan fingerprint density at radius 2 is 1.83 bits per heavy atom. The lowest BCUT2D eigenvalue weighted by Gasteiger charge is -2.36. The van der Waals surface area contributed by atoms with Crippen molar-refractivity contribution < 1.29 is 4.43 Å². The highest BCUT2D eigenvalue weighted by atomic mass is 28.4. The molecule has 0 saturated heterocycles. The lowest BCUT2D eigenvalue weighted by atomic mass is 10.2. The van der Waals surface area contributed by atoms with Crippen molar-refractivity contribution in [3.63, 3.8) is 0 Å². The quantitative estimate of drug-likeness (QED) is 0.797. The third-order valence-corrected chi connectivity index (χ3v) is 8.55. The molecule has 1 heterocycles. The van der Waals surface area contributed by atoms with Gasteiger partial charge in [-0.2, -0.15) is 0 Å². The van der Waals surface area contributed by atoms with Crippen LogP contribution in [0.3, 0.4) is 0 Å². The van der Waals surface area contributed by atoms with Crippen LogP contribution in [0.2, 0.25) is 18.1 Å². The zero-order chi connectivity index (χ0) is 13.4. The Hall–Kier alpha value is -1.06. The summed E-state index contributed by atoms with van der Waals surface area (Å²) in [6.07, 6.45) is 2.07. The average Bonchev–Trinajstić information content (AvgIpc) is 2.68. The smallest absolute Gasteiger partial charge is 0.192 e. The minimum atomic E-state index is -1.66. The second-order valence-corrected chi connectivity index (χ2v) is 11.2. The first-order valence-corrected chi connectivity index (χ1v) is 9.41. The molecule has 0 aliphatic carbocycles. The summed E-state index contributed by atoms with van der Waals surface area (Å²) in [5.74, 6) is 0. The van der Waals surface area contributed by atoms with Crippen LogP contribution in [0.1, 0.15) is 26.3 Å². The molecule has 2 nitrogen and oxygen atoms in total. The van der Waals surface area contributed by atoms with Gasteiger partial charge in [0.2, 0.25) is 0 Å². The summed E-state index contributed by atoms with van der Waals surface area (Å²) in [7, 11) is -1.66. The fraction of sp³-hybridized carbons (Fsp3) is 0.467. The molecule has 0 aliphatic rings. The number of nitrogens with one attached hydrogen (secondary N) is 1. The van der Waals surface area contributed by atoms with E-state index < -0.39 is 8.32 Å². The first kappa shape index (κ1) is 13.4. The van der Waals surface area contributed by atoms with Crippen molar-refractivity contribution >= 4 is 19.2 Å². The fourth-order valence-corrected chi connectivity index (χ4v) is 2.68. The van der Waals surface area contributed by atoms with Crippen molar-refractivity contribution in [1.29, 1.82) is 0 Å². The molecule has 0 bridgehead atoms. The van der Waals surface area contributed by atoms with E-state index in [1.165, 1.54) is 16.5 Å².